The topological polar surface area (TPSA) is 33.2 Å². The number of benzene rings is 3. The van der Waals surface area contributed by atoms with Crippen LogP contribution in [0, 0.1) is 13.8 Å². The SMILES string of the molecule is Cc1ccc2sc(N(Cc3ccccc3)C(=O)CCSc3ccc(Cl)cc3)nc2c1C. The molecule has 3 nitrogen and oxygen atoms in total. The van der Waals surface area contributed by atoms with Crippen molar-refractivity contribution >= 4 is 56.0 Å². The molecule has 158 valence electrons. The van der Waals surface area contributed by atoms with Gasteiger partial charge in [-0.3, -0.25) is 9.69 Å². The van der Waals surface area contributed by atoms with Crippen LogP contribution >= 0.6 is 34.7 Å². The number of carbonyl (C=O) groups excluding carboxylic acids is 1. The van der Waals surface area contributed by atoms with Crippen molar-refractivity contribution in [2.75, 3.05) is 10.7 Å². The third-order valence-corrected chi connectivity index (χ3v) is 7.50. The third kappa shape index (κ3) is 5.29. The van der Waals surface area contributed by atoms with E-state index in [1.165, 1.54) is 11.1 Å². The molecular weight excluding hydrogens is 444 g/mol. The lowest BCUT2D eigenvalue weighted by atomic mass is 10.1. The maximum absolute atomic E-state index is 13.3. The quantitative estimate of drug-likeness (QED) is 0.268. The molecular formula is C25H23ClN2OS2. The number of nitrogens with zero attached hydrogens (tertiary/aromatic N) is 2. The van der Waals surface area contributed by atoms with Gasteiger partial charge in [0.25, 0.3) is 0 Å². The Morgan fingerprint density at radius 2 is 1.77 bits per heavy atom. The molecule has 0 spiro atoms. The molecule has 0 aliphatic heterocycles. The Balaban J connectivity index is 1.56. The first-order valence-corrected chi connectivity index (χ1v) is 12.3. The van der Waals surface area contributed by atoms with Crippen molar-refractivity contribution in [3.8, 4) is 0 Å². The monoisotopic (exact) mass is 466 g/mol. The van der Waals surface area contributed by atoms with Crippen LogP contribution in [0.15, 0.2) is 71.6 Å². The van der Waals surface area contributed by atoms with Gasteiger partial charge in [-0.05, 0) is 60.9 Å². The highest BCUT2D eigenvalue weighted by molar-refractivity contribution is 7.99. The number of fused-ring (bicyclic) bond motifs is 1. The molecule has 0 aliphatic carbocycles. The van der Waals surface area contributed by atoms with Crippen LogP contribution in [0.4, 0.5) is 5.13 Å². The molecule has 0 unspecified atom stereocenters. The van der Waals surface area contributed by atoms with Gasteiger partial charge >= 0.3 is 0 Å². The maximum atomic E-state index is 13.3. The Morgan fingerprint density at radius 3 is 2.52 bits per heavy atom. The van der Waals surface area contributed by atoms with Crippen LogP contribution < -0.4 is 4.90 Å². The van der Waals surface area contributed by atoms with Crippen LogP contribution in [0.1, 0.15) is 23.1 Å². The average molecular weight is 467 g/mol. The van der Waals surface area contributed by atoms with Crippen molar-refractivity contribution in [1.82, 2.24) is 4.98 Å². The summed E-state index contributed by atoms with van der Waals surface area (Å²) in [6, 6.07) is 22.0. The van der Waals surface area contributed by atoms with Gasteiger partial charge in [0.05, 0.1) is 16.8 Å². The Bertz CT molecular complexity index is 1190. The number of thiazole rings is 1. The predicted octanol–water partition coefficient (Wildman–Crippen LogP) is 7.28. The first kappa shape index (κ1) is 21.9. The van der Waals surface area contributed by atoms with Crippen LogP contribution in [0.25, 0.3) is 10.2 Å². The van der Waals surface area contributed by atoms with E-state index in [2.05, 4.69) is 26.0 Å². The van der Waals surface area contributed by atoms with Crippen molar-refractivity contribution in [3.63, 3.8) is 0 Å². The summed E-state index contributed by atoms with van der Waals surface area (Å²) in [5, 5.41) is 1.48. The molecule has 1 aromatic heterocycles. The average Bonchev–Trinajstić information content (AvgIpc) is 3.21. The first-order chi connectivity index (χ1) is 15.0. The van der Waals surface area contributed by atoms with Gasteiger partial charge in [-0.15, -0.1) is 11.8 Å². The Morgan fingerprint density at radius 1 is 1.03 bits per heavy atom. The summed E-state index contributed by atoms with van der Waals surface area (Å²) >= 11 is 9.20. The van der Waals surface area contributed by atoms with Gasteiger partial charge in [-0.1, -0.05) is 59.3 Å². The molecule has 0 N–H and O–H groups in total. The highest BCUT2D eigenvalue weighted by atomic mass is 35.5. The van der Waals surface area contributed by atoms with Crippen LogP contribution in [-0.2, 0) is 11.3 Å². The number of halogens is 1. The van der Waals surface area contributed by atoms with Crippen LogP contribution in [0.5, 0.6) is 0 Å². The Hall–Kier alpha value is -2.34. The predicted molar refractivity (Wildman–Crippen MR) is 134 cm³/mol. The summed E-state index contributed by atoms with van der Waals surface area (Å²) in [6.45, 7) is 4.70. The van der Waals surface area contributed by atoms with E-state index in [-0.39, 0.29) is 5.91 Å². The fourth-order valence-corrected chi connectivity index (χ4v) is 5.29. The molecule has 0 aliphatic rings. The molecule has 1 amide bonds. The van der Waals surface area contributed by atoms with E-state index in [9.17, 15) is 4.79 Å². The zero-order valence-corrected chi connectivity index (χ0v) is 19.9. The Labute approximate surface area is 196 Å². The molecule has 1 heterocycles. The van der Waals surface area contributed by atoms with E-state index >= 15 is 0 Å². The lowest BCUT2D eigenvalue weighted by molar-refractivity contribution is -0.118. The van der Waals surface area contributed by atoms with Gasteiger partial charge in [0.15, 0.2) is 5.13 Å². The number of aryl methyl sites for hydroxylation is 2. The van der Waals surface area contributed by atoms with Crippen molar-refractivity contribution in [2.24, 2.45) is 0 Å². The lowest BCUT2D eigenvalue weighted by Crippen LogP contribution is -2.30. The maximum Gasteiger partial charge on any atom is 0.229 e. The smallest absolute Gasteiger partial charge is 0.229 e. The number of rotatable bonds is 7. The summed E-state index contributed by atoms with van der Waals surface area (Å²) < 4.78 is 1.11. The van der Waals surface area contributed by atoms with Crippen LogP contribution in [-0.4, -0.2) is 16.6 Å². The van der Waals surface area contributed by atoms with Gasteiger partial charge in [0.2, 0.25) is 5.91 Å². The van der Waals surface area contributed by atoms with Gasteiger partial charge < -0.3 is 0 Å². The van der Waals surface area contributed by atoms with Crippen molar-refractivity contribution in [2.45, 2.75) is 31.7 Å². The summed E-state index contributed by atoms with van der Waals surface area (Å²) in [7, 11) is 0. The second-order valence-electron chi connectivity index (χ2n) is 7.37. The van der Waals surface area contributed by atoms with Crippen molar-refractivity contribution in [1.29, 1.82) is 0 Å². The number of hydrogen-bond donors (Lipinski definition) is 0. The highest BCUT2D eigenvalue weighted by Crippen LogP contribution is 2.33. The molecule has 3 aromatic carbocycles. The number of carbonyl (C=O) groups is 1. The Kier molecular flexibility index (Phi) is 6.96. The summed E-state index contributed by atoms with van der Waals surface area (Å²) in [5.41, 5.74) is 4.46. The molecule has 0 bridgehead atoms. The number of hydrogen-bond acceptors (Lipinski definition) is 4. The molecule has 0 atom stereocenters. The fraction of sp³-hybridized carbons (Fsp3) is 0.200. The molecule has 4 rings (SSSR count). The second-order valence-corrected chi connectivity index (χ2v) is 9.98. The lowest BCUT2D eigenvalue weighted by Gasteiger charge is -2.20. The molecule has 31 heavy (non-hydrogen) atoms. The standard InChI is InChI=1S/C25H23ClN2OS2/c1-17-8-13-22-24(18(17)2)27-25(31-22)28(16-19-6-4-3-5-7-19)23(29)14-15-30-21-11-9-20(26)10-12-21/h3-13H,14-16H2,1-2H3. The molecule has 6 heteroatoms. The van der Waals surface area contributed by atoms with Gasteiger partial charge in [-0.25, -0.2) is 4.98 Å². The van der Waals surface area contributed by atoms with Crippen LogP contribution in [0.3, 0.4) is 0 Å². The fourth-order valence-electron chi connectivity index (χ4n) is 3.28. The first-order valence-electron chi connectivity index (χ1n) is 10.1. The minimum absolute atomic E-state index is 0.0822. The normalized spacial score (nSPS) is 11.1. The van der Waals surface area contributed by atoms with Crippen molar-refractivity contribution in [3.05, 3.63) is 88.4 Å². The minimum atomic E-state index is 0.0822. The van der Waals surface area contributed by atoms with E-state index < -0.39 is 0 Å². The number of thioether (sulfide) groups is 1. The van der Waals surface area contributed by atoms with Gasteiger partial charge in [-0.2, -0.15) is 0 Å². The summed E-state index contributed by atoms with van der Waals surface area (Å²) in [5.74, 6) is 0.785. The molecule has 4 aromatic rings. The van der Waals surface area contributed by atoms with Crippen LogP contribution in [0.2, 0.25) is 5.02 Å². The summed E-state index contributed by atoms with van der Waals surface area (Å²) in [6.07, 6.45) is 0.439. The molecule has 0 saturated carbocycles. The summed E-state index contributed by atoms with van der Waals surface area (Å²) in [4.78, 5) is 21.1. The van der Waals surface area contributed by atoms with Gasteiger partial charge in [0, 0.05) is 22.1 Å². The zero-order valence-electron chi connectivity index (χ0n) is 17.5. The molecule has 0 fully saturated rings. The van der Waals surface area contributed by atoms with E-state index in [1.807, 2.05) is 59.5 Å². The number of aromatic nitrogens is 1. The molecule has 0 saturated heterocycles. The third-order valence-electron chi connectivity index (χ3n) is 5.19. The number of amides is 1. The minimum Gasteiger partial charge on any atom is -0.284 e. The zero-order chi connectivity index (χ0) is 21.8. The number of anilines is 1. The molecule has 0 radical (unpaired) electrons. The van der Waals surface area contributed by atoms with E-state index in [0.717, 1.165) is 30.8 Å². The van der Waals surface area contributed by atoms with E-state index in [4.69, 9.17) is 16.6 Å². The highest BCUT2D eigenvalue weighted by Gasteiger charge is 2.21. The van der Waals surface area contributed by atoms with E-state index in [0.29, 0.717) is 18.7 Å². The largest absolute Gasteiger partial charge is 0.284 e. The second kappa shape index (κ2) is 9.86. The van der Waals surface area contributed by atoms with Crippen molar-refractivity contribution < 1.29 is 4.79 Å². The van der Waals surface area contributed by atoms with E-state index in [1.54, 1.807) is 23.1 Å². The van der Waals surface area contributed by atoms with Gasteiger partial charge in [0.1, 0.15) is 0 Å².